The third kappa shape index (κ3) is 5.29. The first-order chi connectivity index (χ1) is 23.0. The molecule has 5 nitrogen and oxygen atoms in total. The van der Waals surface area contributed by atoms with Crippen molar-refractivity contribution in [2.24, 2.45) is 5.73 Å². The van der Waals surface area contributed by atoms with Gasteiger partial charge in [-0.3, -0.25) is 10.6 Å². The molecule has 0 radical (unpaired) electrons. The zero-order chi connectivity index (χ0) is 32.0. The number of hydrogen-bond acceptors (Lipinski definition) is 5. The highest BCUT2D eigenvalue weighted by Crippen LogP contribution is 2.51. The van der Waals surface area contributed by atoms with Crippen molar-refractivity contribution in [2.75, 3.05) is 5.32 Å². The predicted octanol–water partition coefficient (Wildman–Crippen LogP) is 9.29. The molecule has 1 aromatic heterocycles. The molecule has 0 fully saturated rings. The maximum absolute atomic E-state index is 6.79. The smallest absolute Gasteiger partial charge is 0.139 e. The van der Waals surface area contributed by atoms with Gasteiger partial charge >= 0.3 is 0 Å². The fourth-order valence-corrected chi connectivity index (χ4v) is 7.12. The summed E-state index contributed by atoms with van der Waals surface area (Å²) in [7, 11) is 0. The Bertz CT molecular complexity index is 2200. The average Bonchev–Trinajstić information content (AvgIpc) is 3.60. The number of nitrogens with two attached hydrogens (primary N) is 1. The number of hydrogen-bond donors (Lipinski definition) is 4. The summed E-state index contributed by atoms with van der Waals surface area (Å²) >= 11 is 0. The lowest BCUT2D eigenvalue weighted by Gasteiger charge is -2.29. The summed E-state index contributed by atoms with van der Waals surface area (Å²) in [5.41, 5.74) is 19.1. The lowest BCUT2D eigenvalue weighted by atomic mass is 9.81. The number of fused-ring (bicyclic) bond motifs is 6. The Morgan fingerprint density at radius 2 is 1.36 bits per heavy atom. The molecule has 5 heteroatoms. The van der Waals surface area contributed by atoms with E-state index in [0.29, 0.717) is 6.54 Å². The number of benzene rings is 6. The fraction of sp³-hybridized carbons (Fsp3) is 0.143. The Hall–Kier alpha value is -5.20. The molecule has 0 aliphatic heterocycles. The van der Waals surface area contributed by atoms with Crippen molar-refractivity contribution >= 4 is 27.6 Å². The van der Waals surface area contributed by atoms with Gasteiger partial charge in [-0.15, -0.1) is 0 Å². The number of rotatable bonds is 9. The molecule has 6 aromatic carbocycles. The van der Waals surface area contributed by atoms with Gasteiger partial charge in [-0.2, -0.15) is 0 Å². The summed E-state index contributed by atoms with van der Waals surface area (Å²) in [5, 5.41) is 13.5. The van der Waals surface area contributed by atoms with E-state index in [-0.39, 0.29) is 11.7 Å². The van der Waals surface area contributed by atoms with E-state index in [1.54, 1.807) is 0 Å². The van der Waals surface area contributed by atoms with Gasteiger partial charge in [-0.25, -0.2) is 0 Å². The molecule has 8 rings (SSSR count). The molecule has 1 aliphatic carbocycles. The first-order valence-electron chi connectivity index (χ1n) is 16.3. The number of anilines is 1. The summed E-state index contributed by atoms with van der Waals surface area (Å²) in [6, 6.07) is 48.7. The minimum Gasteiger partial charge on any atom is -0.456 e. The second-order valence-corrected chi connectivity index (χ2v) is 12.9. The van der Waals surface area contributed by atoms with Crippen LogP contribution in [0.15, 0.2) is 144 Å². The Morgan fingerprint density at radius 1 is 0.660 bits per heavy atom. The van der Waals surface area contributed by atoms with Crippen LogP contribution in [0.2, 0.25) is 0 Å². The first kappa shape index (κ1) is 29.2. The Balaban J connectivity index is 1.20. The molecule has 0 spiro atoms. The van der Waals surface area contributed by atoms with Crippen LogP contribution in [0.5, 0.6) is 0 Å². The van der Waals surface area contributed by atoms with E-state index >= 15 is 0 Å². The molecular weight excluding hydrogens is 576 g/mol. The van der Waals surface area contributed by atoms with Crippen molar-refractivity contribution in [3.05, 3.63) is 162 Å². The standard InChI is InChI=1S/C42H38N4O/c1-42(2)35-22-11-9-19-30(35)34-25-37(33(24-36(34)42)27-14-5-3-6-15-27)45-41(46-40(43)28-16-7-4-8-17-28)44-26-29-18-13-21-32-31-20-10-12-23-38(31)47-39(29)32/h3-25,40-41,44-46H,26,43H2,1-2H3. The quantitative estimate of drug-likeness (QED) is 0.122. The van der Waals surface area contributed by atoms with E-state index in [9.17, 15) is 0 Å². The topological polar surface area (TPSA) is 75.2 Å². The zero-order valence-corrected chi connectivity index (χ0v) is 26.6. The second-order valence-electron chi connectivity index (χ2n) is 12.9. The molecule has 0 saturated heterocycles. The molecule has 0 saturated carbocycles. The molecule has 2 unspecified atom stereocenters. The van der Waals surface area contributed by atoms with Gasteiger partial charge < -0.3 is 15.5 Å². The highest BCUT2D eigenvalue weighted by atomic mass is 16.3. The lowest BCUT2D eigenvalue weighted by molar-refractivity contribution is 0.408. The SMILES string of the molecule is CC1(C)c2ccccc2-c2cc(NC(NCc3cccc4c3oc3ccccc34)NC(N)c3ccccc3)c(-c3ccccc3)cc21. The van der Waals surface area contributed by atoms with E-state index in [0.717, 1.165) is 49.9 Å². The number of furan rings is 1. The zero-order valence-electron chi connectivity index (χ0n) is 26.6. The Kier molecular flexibility index (Phi) is 7.38. The van der Waals surface area contributed by atoms with Crippen LogP contribution in [0.3, 0.4) is 0 Å². The van der Waals surface area contributed by atoms with Crippen LogP contribution < -0.4 is 21.7 Å². The Labute approximate surface area is 275 Å². The van der Waals surface area contributed by atoms with E-state index in [1.807, 2.05) is 42.5 Å². The molecule has 1 aliphatic rings. The van der Waals surface area contributed by atoms with Crippen molar-refractivity contribution in [3.63, 3.8) is 0 Å². The minimum atomic E-state index is -0.405. The largest absolute Gasteiger partial charge is 0.456 e. The molecule has 232 valence electrons. The molecule has 2 atom stereocenters. The van der Waals surface area contributed by atoms with Crippen LogP contribution in [0.4, 0.5) is 5.69 Å². The Morgan fingerprint density at radius 3 is 2.19 bits per heavy atom. The molecule has 0 amide bonds. The van der Waals surface area contributed by atoms with E-state index < -0.39 is 6.17 Å². The van der Waals surface area contributed by atoms with Gasteiger partial charge in [0.05, 0.1) is 6.17 Å². The molecule has 0 bridgehead atoms. The van der Waals surface area contributed by atoms with Gasteiger partial charge in [0, 0.05) is 39.5 Å². The van der Waals surface area contributed by atoms with Crippen molar-refractivity contribution in [1.82, 2.24) is 10.6 Å². The van der Waals surface area contributed by atoms with Gasteiger partial charge in [0.1, 0.15) is 17.5 Å². The van der Waals surface area contributed by atoms with Crippen molar-refractivity contribution < 1.29 is 4.42 Å². The second kappa shape index (κ2) is 11.9. The first-order valence-corrected chi connectivity index (χ1v) is 16.3. The van der Waals surface area contributed by atoms with Gasteiger partial charge in [0.25, 0.3) is 0 Å². The van der Waals surface area contributed by atoms with E-state index in [4.69, 9.17) is 10.2 Å². The van der Waals surface area contributed by atoms with Gasteiger partial charge in [0.2, 0.25) is 0 Å². The van der Waals surface area contributed by atoms with Gasteiger partial charge in [-0.1, -0.05) is 135 Å². The number of nitrogens with one attached hydrogen (secondary N) is 3. The third-order valence-electron chi connectivity index (χ3n) is 9.59. The summed E-state index contributed by atoms with van der Waals surface area (Å²) in [6.07, 6.45) is -0.785. The molecule has 47 heavy (non-hydrogen) atoms. The minimum absolute atomic E-state index is 0.106. The van der Waals surface area contributed by atoms with Crippen LogP contribution in [0.1, 0.15) is 42.3 Å². The summed E-state index contributed by atoms with van der Waals surface area (Å²) in [4.78, 5) is 0. The highest BCUT2D eigenvalue weighted by molar-refractivity contribution is 6.05. The molecule has 5 N–H and O–H groups in total. The van der Waals surface area contributed by atoms with Crippen LogP contribution >= 0.6 is 0 Å². The summed E-state index contributed by atoms with van der Waals surface area (Å²) < 4.78 is 6.36. The molecular formula is C42H38N4O. The molecule has 1 heterocycles. The predicted molar refractivity (Wildman–Crippen MR) is 194 cm³/mol. The van der Waals surface area contributed by atoms with Crippen LogP contribution in [0, 0.1) is 0 Å². The van der Waals surface area contributed by atoms with Crippen molar-refractivity contribution in [2.45, 2.75) is 38.3 Å². The van der Waals surface area contributed by atoms with Gasteiger partial charge in [0.15, 0.2) is 0 Å². The third-order valence-corrected chi connectivity index (χ3v) is 9.59. The fourth-order valence-electron chi connectivity index (χ4n) is 7.12. The van der Waals surface area contributed by atoms with Gasteiger partial charge in [-0.05, 0) is 51.6 Å². The van der Waals surface area contributed by atoms with Crippen molar-refractivity contribution in [3.8, 4) is 22.3 Å². The lowest BCUT2D eigenvalue weighted by Crippen LogP contribution is -2.51. The van der Waals surface area contributed by atoms with Crippen molar-refractivity contribution in [1.29, 1.82) is 0 Å². The van der Waals surface area contributed by atoms with E-state index in [2.05, 4.69) is 127 Å². The normalized spacial score (nSPS) is 14.5. The summed E-state index contributed by atoms with van der Waals surface area (Å²) in [5.74, 6) is 0. The van der Waals surface area contributed by atoms with Crippen LogP contribution in [-0.4, -0.2) is 6.29 Å². The van der Waals surface area contributed by atoms with Crippen LogP contribution in [-0.2, 0) is 12.0 Å². The highest BCUT2D eigenvalue weighted by Gasteiger charge is 2.36. The van der Waals surface area contributed by atoms with E-state index in [1.165, 1.54) is 22.3 Å². The molecule has 7 aromatic rings. The van der Waals surface area contributed by atoms with Crippen LogP contribution in [0.25, 0.3) is 44.2 Å². The maximum atomic E-state index is 6.79. The summed E-state index contributed by atoms with van der Waals surface area (Å²) in [6.45, 7) is 5.21. The number of para-hydroxylation sites is 2. The monoisotopic (exact) mass is 614 g/mol. The average molecular weight is 615 g/mol. The maximum Gasteiger partial charge on any atom is 0.139 e.